The van der Waals surface area contributed by atoms with Crippen LogP contribution in [0.5, 0.6) is 0 Å². The first kappa shape index (κ1) is 17.7. The van der Waals surface area contributed by atoms with Crippen LogP contribution in [0.1, 0.15) is 0 Å². The normalized spacial score (nSPS) is 10.4. The van der Waals surface area contributed by atoms with Gasteiger partial charge in [-0.2, -0.15) is 0 Å². The van der Waals surface area contributed by atoms with E-state index in [9.17, 15) is 4.79 Å². The number of rotatable bonds is 3. The summed E-state index contributed by atoms with van der Waals surface area (Å²) in [7, 11) is 0. The molecule has 0 spiro atoms. The number of halogens is 1. The molecule has 5 heteroatoms. The minimum absolute atomic E-state index is 0.181. The molecular formula is C23H14ClN3O. The van der Waals surface area contributed by atoms with Gasteiger partial charge in [0.15, 0.2) is 5.69 Å². The van der Waals surface area contributed by atoms with E-state index in [0.29, 0.717) is 22.0 Å². The summed E-state index contributed by atoms with van der Waals surface area (Å²) >= 11 is 6.15. The Balaban J connectivity index is 2.04. The van der Waals surface area contributed by atoms with Crippen molar-refractivity contribution in [3.8, 4) is 27.9 Å². The molecule has 0 N–H and O–H groups in total. The zero-order valence-electron chi connectivity index (χ0n) is 14.7. The zero-order valence-corrected chi connectivity index (χ0v) is 15.5. The van der Waals surface area contributed by atoms with Crippen molar-refractivity contribution in [1.82, 2.24) is 9.55 Å². The van der Waals surface area contributed by atoms with Crippen molar-refractivity contribution in [1.29, 1.82) is 0 Å². The number of pyridine rings is 2. The van der Waals surface area contributed by atoms with Crippen LogP contribution in [0, 0.1) is 6.57 Å². The molecule has 4 aromatic rings. The Bertz CT molecular complexity index is 1260. The second-order valence-electron chi connectivity index (χ2n) is 6.17. The first-order valence-electron chi connectivity index (χ1n) is 8.57. The summed E-state index contributed by atoms with van der Waals surface area (Å²) < 4.78 is 1.55. The summed E-state index contributed by atoms with van der Waals surface area (Å²) in [4.78, 5) is 21.0. The zero-order chi connectivity index (χ0) is 19.5. The van der Waals surface area contributed by atoms with Gasteiger partial charge in [0.05, 0.1) is 18.5 Å². The van der Waals surface area contributed by atoms with Crippen LogP contribution < -0.4 is 5.56 Å². The lowest BCUT2D eigenvalue weighted by atomic mass is 10.00. The molecule has 0 saturated carbocycles. The average Bonchev–Trinajstić information content (AvgIpc) is 2.74. The fraction of sp³-hybridized carbons (Fsp3) is 0. The summed E-state index contributed by atoms with van der Waals surface area (Å²) in [5.41, 5.74) is 3.75. The van der Waals surface area contributed by atoms with Crippen LogP contribution in [-0.2, 0) is 0 Å². The number of para-hydroxylation sites is 1. The van der Waals surface area contributed by atoms with Gasteiger partial charge in [0.25, 0.3) is 5.56 Å². The molecule has 0 amide bonds. The molecule has 0 aliphatic heterocycles. The van der Waals surface area contributed by atoms with E-state index < -0.39 is 0 Å². The summed E-state index contributed by atoms with van der Waals surface area (Å²) in [5, 5.41) is 0.553. The van der Waals surface area contributed by atoms with Crippen molar-refractivity contribution >= 4 is 17.3 Å². The van der Waals surface area contributed by atoms with E-state index in [-0.39, 0.29) is 5.56 Å². The maximum Gasteiger partial charge on any atom is 0.263 e. The van der Waals surface area contributed by atoms with Crippen LogP contribution in [0.3, 0.4) is 0 Å². The van der Waals surface area contributed by atoms with E-state index in [1.165, 1.54) is 0 Å². The molecule has 134 valence electrons. The maximum absolute atomic E-state index is 13.3. The molecule has 28 heavy (non-hydrogen) atoms. The van der Waals surface area contributed by atoms with Gasteiger partial charge in [-0.1, -0.05) is 48.0 Å². The lowest BCUT2D eigenvalue weighted by Gasteiger charge is -2.13. The van der Waals surface area contributed by atoms with Gasteiger partial charge in [0.2, 0.25) is 0 Å². The minimum Gasteiger partial charge on any atom is -0.282 e. The standard InChI is InChI=1S/C23H14ClN3O/c1-25-22-10-3-2-9-20(22)17-13-21(16-6-4-7-18(24)12-16)23(28)27(15-17)19-8-5-11-26-14-19/h2-15H. The van der Waals surface area contributed by atoms with Crippen molar-refractivity contribution < 1.29 is 0 Å². The third-order valence-corrected chi connectivity index (χ3v) is 4.65. The largest absolute Gasteiger partial charge is 0.282 e. The highest BCUT2D eigenvalue weighted by Crippen LogP contribution is 2.32. The molecule has 0 saturated heterocycles. The van der Waals surface area contributed by atoms with Gasteiger partial charge in [-0.25, -0.2) is 4.85 Å². The molecule has 0 aliphatic carbocycles. The summed E-state index contributed by atoms with van der Waals surface area (Å²) in [6.07, 6.45) is 5.04. The Kier molecular flexibility index (Phi) is 4.76. The van der Waals surface area contributed by atoms with E-state index in [1.54, 1.807) is 47.4 Å². The molecular weight excluding hydrogens is 370 g/mol. The van der Waals surface area contributed by atoms with Crippen molar-refractivity contribution in [2.75, 3.05) is 0 Å². The fourth-order valence-corrected chi connectivity index (χ4v) is 3.29. The van der Waals surface area contributed by atoms with Crippen LogP contribution in [0.4, 0.5) is 5.69 Å². The topological polar surface area (TPSA) is 39.2 Å². The lowest BCUT2D eigenvalue weighted by molar-refractivity contribution is 0.983. The third kappa shape index (κ3) is 3.32. The summed E-state index contributed by atoms with van der Waals surface area (Å²) in [6, 6.07) is 19.9. The number of benzene rings is 2. The monoisotopic (exact) mass is 383 g/mol. The summed E-state index contributed by atoms with van der Waals surface area (Å²) in [6.45, 7) is 7.47. The Labute approximate surface area is 167 Å². The van der Waals surface area contributed by atoms with Crippen LogP contribution in [0.15, 0.2) is 90.1 Å². The van der Waals surface area contributed by atoms with Gasteiger partial charge in [-0.05, 0) is 47.0 Å². The molecule has 4 rings (SSSR count). The highest BCUT2D eigenvalue weighted by Gasteiger charge is 2.14. The molecule has 0 fully saturated rings. The number of hydrogen-bond donors (Lipinski definition) is 0. The smallest absolute Gasteiger partial charge is 0.263 e. The molecule has 2 aromatic carbocycles. The van der Waals surface area contributed by atoms with Crippen molar-refractivity contribution in [3.63, 3.8) is 0 Å². The fourth-order valence-electron chi connectivity index (χ4n) is 3.10. The SMILES string of the molecule is [C-]#[N+]c1ccccc1-c1cc(-c2cccc(Cl)c2)c(=O)n(-c2cccnc2)c1. The van der Waals surface area contributed by atoms with E-state index in [1.807, 2.05) is 42.5 Å². The lowest BCUT2D eigenvalue weighted by Crippen LogP contribution is -2.20. The predicted octanol–water partition coefficient (Wildman–Crippen LogP) is 5.77. The molecule has 0 unspecified atom stereocenters. The highest BCUT2D eigenvalue weighted by molar-refractivity contribution is 6.30. The molecule has 0 aliphatic rings. The molecule has 0 atom stereocenters. The number of nitrogens with zero attached hydrogens (tertiary/aromatic N) is 3. The second-order valence-corrected chi connectivity index (χ2v) is 6.60. The van der Waals surface area contributed by atoms with E-state index in [2.05, 4.69) is 9.83 Å². The number of aromatic nitrogens is 2. The van der Waals surface area contributed by atoms with Crippen molar-refractivity contribution in [3.05, 3.63) is 112 Å². The Morgan fingerprint density at radius 1 is 0.929 bits per heavy atom. The molecule has 4 nitrogen and oxygen atoms in total. The predicted molar refractivity (Wildman–Crippen MR) is 112 cm³/mol. The van der Waals surface area contributed by atoms with Gasteiger partial charge in [0.1, 0.15) is 0 Å². The quantitative estimate of drug-likeness (QED) is 0.421. The van der Waals surface area contributed by atoms with Crippen molar-refractivity contribution in [2.45, 2.75) is 0 Å². The molecule has 0 radical (unpaired) electrons. The van der Waals surface area contributed by atoms with E-state index in [4.69, 9.17) is 18.2 Å². The highest BCUT2D eigenvalue weighted by atomic mass is 35.5. The summed E-state index contributed by atoms with van der Waals surface area (Å²) in [5.74, 6) is 0. The Morgan fingerprint density at radius 3 is 2.54 bits per heavy atom. The van der Waals surface area contributed by atoms with E-state index >= 15 is 0 Å². The molecule has 0 bridgehead atoms. The molecule has 2 aromatic heterocycles. The van der Waals surface area contributed by atoms with Gasteiger partial charge < -0.3 is 0 Å². The van der Waals surface area contributed by atoms with Crippen LogP contribution in [0.25, 0.3) is 32.8 Å². The second kappa shape index (κ2) is 7.51. The van der Waals surface area contributed by atoms with Crippen LogP contribution in [-0.4, -0.2) is 9.55 Å². The van der Waals surface area contributed by atoms with Crippen LogP contribution in [0.2, 0.25) is 5.02 Å². The van der Waals surface area contributed by atoms with Gasteiger partial charge in [-0.15, -0.1) is 0 Å². The van der Waals surface area contributed by atoms with Gasteiger partial charge in [-0.3, -0.25) is 14.3 Å². The number of hydrogen-bond acceptors (Lipinski definition) is 2. The molecule has 2 heterocycles. The third-order valence-electron chi connectivity index (χ3n) is 4.41. The van der Waals surface area contributed by atoms with Gasteiger partial charge >= 0.3 is 0 Å². The average molecular weight is 384 g/mol. The van der Waals surface area contributed by atoms with E-state index in [0.717, 1.165) is 16.7 Å². The first-order valence-corrected chi connectivity index (χ1v) is 8.95. The Hall–Kier alpha value is -3.68. The van der Waals surface area contributed by atoms with Crippen molar-refractivity contribution in [2.24, 2.45) is 0 Å². The van der Waals surface area contributed by atoms with Crippen LogP contribution >= 0.6 is 11.6 Å². The maximum atomic E-state index is 13.3. The minimum atomic E-state index is -0.181. The first-order chi connectivity index (χ1) is 13.7. The van der Waals surface area contributed by atoms with Gasteiger partial charge in [0, 0.05) is 23.0 Å². The Morgan fingerprint density at radius 2 is 1.79 bits per heavy atom.